The number of rotatable bonds is 14. The second-order valence-corrected chi connectivity index (χ2v) is 10.6. The van der Waals surface area contributed by atoms with Crippen LogP contribution < -0.4 is 0 Å². The average Bonchev–Trinajstić information content (AvgIpc) is 2.56. The zero-order valence-corrected chi connectivity index (χ0v) is 16.6. The van der Waals surface area contributed by atoms with Crippen molar-refractivity contribution in [1.82, 2.24) is 0 Å². The van der Waals surface area contributed by atoms with E-state index in [-0.39, 0.29) is 11.2 Å². The van der Waals surface area contributed by atoms with E-state index >= 15 is 0 Å². The van der Waals surface area contributed by atoms with E-state index < -0.39 is 8.07 Å². The van der Waals surface area contributed by atoms with Crippen LogP contribution in [0.1, 0.15) is 79.1 Å². The van der Waals surface area contributed by atoms with Gasteiger partial charge in [-0.25, -0.2) is 0 Å². The number of hydrogen-bond donors (Lipinski definition) is 0. The van der Waals surface area contributed by atoms with Crippen LogP contribution >= 0.6 is 0 Å². The number of unbranched alkanes of at least 4 members (excludes halogenated alkanes) is 6. The Hall–Kier alpha value is -0.843. The van der Waals surface area contributed by atoms with Gasteiger partial charge in [-0.15, -0.1) is 0 Å². The molecule has 0 unspecified atom stereocenters. The third-order valence-electron chi connectivity index (χ3n) is 4.45. The van der Waals surface area contributed by atoms with Crippen LogP contribution in [0.15, 0.2) is 0 Å². The number of ether oxygens (including phenoxy) is 2. The van der Waals surface area contributed by atoms with E-state index in [1.54, 1.807) is 0 Å². The SMILES string of the molecule is CCCCCCOC(=O)[Si](CC)(CC)C(=O)OCCCCCC. The lowest BCUT2D eigenvalue weighted by Crippen LogP contribution is -2.52. The Morgan fingerprint density at radius 2 is 1.04 bits per heavy atom. The minimum atomic E-state index is -2.81. The first kappa shape index (κ1) is 22.2. The van der Waals surface area contributed by atoms with Gasteiger partial charge < -0.3 is 9.47 Å². The molecule has 0 heterocycles. The van der Waals surface area contributed by atoms with Crippen LogP contribution in [0.3, 0.4) is 0 Å². The highest BCUT2D eigenvalue weighted by Crippen LogP contribution is 2.22. The lowest BCUT2D eigenvalue weighted by atomic mass is 10.2. The Kier molecular flexibility index (Phi) is 13.1. The fourth-order valence-electron chi connectivity index (χ4n) is 2.57. The molecule has 0 saturated heterocycles. The summed E-state index contributed by atoms with van der Waals surface area (Å²) in [5.74, 6) is 0. The van der Waals surface area contributed by atoms with Gasteiger partial charge in [-0.3, -0.25) is 9.59 Å². The Balaban J connectivity index is 4.39. The summed E-state index contributed by atoms with van der Waals surface area (Å²) in [4.78, 5) is 25.0. The van der Waals surface area contributed by atoms with E-state index in [0.29, 0.717) is 25.3 Å². The molecule has 5 heteroatoms. The summed E-state index contributed by atoms with van der Waals surface area (Å²) in [7, 11) is -2.81. The van der Waals surface area contributed by atoms with Crippen LogP contribution in [0.4, 0.5) is 9.59 Å². The van der Waals surface area contributed by atoms with Crippen LogP contribution in [0.2, 0.25) is 12.1 Å². The van der Waals surface area contributed by atoms with Crippen LogP contribution in [-0.4, -0.2) is 32.5 Å². The Labute approximate surface area is 143 Å². The van der Waals surface area contributed by atoms with Crippen molar-refractivity contribution in [2.24, 2.45) is 0 Å². The van der Waals surface area contributed by atoms with Crippen molar-refractivity contribution in [2.45, 2.75) is 91.1 Å². The largest absolute Gasteiger partial charge is 0.470 e. The smallest absolute Gasteiger partial charge is 0.311 e. The first-order chi connectivity index (χ1) is 11.1. The minimum absolute atomic E-state index is 0.280. The summed E-state index contributed by atoms with van der Waals surface area (Å²) in [6, 6.07) is 1.12. The second-order valence-electron chi connectivity index (χ2n) is 6.18. The van der Waals surface area contributed by atoms with Crippen LogP contribution in [0.5, 0.6) is 0 Å². The minimum Gasteiger partial charge on any atom is -0.470 e. The van der Waals surface area contributed by atoms with E-state index in [9.17, 15) is 9.59 Å². The molecule has 0 aromatic carbocycles. The molecule has 23 heavy (non-hydrogen) atoms. The van der Waals surface area contributed by atoms with Crippen LogP contribution in [0, 0.1) is 0 Å². The van der Waals surface area contributed by atoms with Gasteiger partial charge in [-0.05, 0) is 24.9 Å². The van der Waals surface area contributed by atoms with Gasteiger partial charge in [0.05, 0.1) is 13.2 Å². The van der Waals surface area contributed by atoms with E-state index in [1.807, 2.05) is 13.8 Å². The molecule has 0 fully saturated rings. The average molecular weight is 345 g/mol. The summed E-state index contributed by atoms with van der Waals surface area (Å²) < 4.78 is 10.8. The Bertz CT molecular complexity index is 299. The molecule has 0 N–H and O–H groups in total. The molecule has 0 aliphatic carbocycles. The van der Waals surface area contributed by atoms with Gasteiger partial charge in [0.25, 0.3) is 11.2 Å². The quantitative estimate of drug-likeness (QED) is 0.283. The number of hydrogen-bond acceptors (Lipinski definition) is 4. The van der Waals surface area contributed by atoms with Crippen LogP contribution in [0.25, 0.3) is 0 Å². The molecule has 0 spiro atoms. The van der Waals surface area contributed by atoms with Crippen molar-refractivity contribution in [3.05, 3.63) is 0 Å². The van der Waals surface area contributed by atoms with Gasteiger partial charge in [0.15, 0.2) is 0 Å². The number of carbonyl (C=O) groups is 2. The molecule has 0 radical (unpaired) electrons. The van der Waals surface area contributed by atoms with Gasteiger partial charge in [0.2, 0.25) is 0 Å². The van der Waals surface area contributed by atoms with Gasteiger partial charge in [0.1, 0.15) is 0 Å². The maximum atomic E-state index is 12.5. The standard InChI is InChI=1S/C18H36O4Si/c1-5-9-11-13-15-21-17(19)23(7-3,8-4)18(20)22-16-14-12-10-6-2/h5-16H2,1-4H3. The lowest BCUT2D eigenvalue weighted by Gasteiger charge is -2.24. The summed E-state index contributed by atoms with van der Waals surface area (Å²) in [5.41, 5.74) is -0.560. The van der Waals surface area contributed by atoms with E-state index in [4.69, 9.17) is 9.47 Å². The molecule has 0 atom stereocenters. The molecule has 4 nitrogen and oxygen atoms in total. The van der Waals surface area contributed by atoms with Crippen LogP contribution in [-0.2, 0) is 9.47 Å². The molecule has 0 aromatic heterocycles. The first-order valence-corrected chi connectivity index (χ1v) is 11.8. The fraction of sp³-hybridized carbons (Fsp3) is 0.889. The highest BCUT2D eigenvalue weighted by atomic mass is 28.3. The lowest BCUT2D eigenvalue weighted by molar-refractivity contribution is 0.157. The molecule has 0 bridgehead atoms. The highest BCUT2D eigenvalue weighted by Gasteiger charge is 2.49. The summed E-state index contributed by atoms with van der Waals surface area (Å²) in [6.07, 6.45) is 8.51. The molecular formula is C18H36O4Si. The van der Waals surface area contributed by atoms with Crippen molar-refractivity contribution in [3.8, 4) is 0 Å². The van der Waals surface area contributed by atoms with Crippen molar-refractivity contribution < 1.29 is 19.1 Å². The molecule has 0 rings (SSSR count). The molecule has 0 aliphatic rings. The summed E-state index contributed by atoms with van der Waals surface area (Å²) in [6.45, 7) is 8.97. The third-order valence-corrected chi connectivity index (χ3v) is 8.72. The Morgan fingerprint density at radius 1 is 0.652 bits per heavy atom. The van der Waals surface area contributed by atoms with Crippen molar-refractivity contribution >= 4 is 19.3 Å². The maximum absolute atomic E-state index is 12.5. The molecule has 0 saturated carbocycles. The third kappa shape index (κ3) is 8.00. The van der Waals surface area contributed by atoms with Gasteiger partial charge in [0, 0.05) is 0 Å². The van der Waals surface area contributed by atoms with Gasteiger partial charge >= 0.3 is 8.07 Å². The summed E-state index contributed by atoms with van der Waals surface area (Å²) >= 11 is 0. The fourth-order valence-corrected chi connectivity index (χ4v) is 5.15. The highest BCUT2D eigenvalue weighted by molar-refractivity contribution is 7.23. The monoisotopic (exact) mass is 344 g/mol. The Morgan fingerprint density at radius 3 is 1.35 bits per heavy atom. The zero-order valence-electron chi connectivity index (χ0n) is 15.6. The van der Waals surface area contributed by atoms with Gasteiger partial charge in [-0.1, -0.05) is 66.2 Å². The predicted molar refractivity (Wildman–Crippen MR) is 97.7 cm³/mol. The van der Waals surface area contributed by atoms with E-state index in [2.05, 4.69) is 13.8 Å². The predicted octanol–water partition coefficient (Wildman–Crippen LogP) is 6.07. The van der Waals surface area contributed by atoms with Crippen molar-refractivity contribution in [1.29, 1.82) is 0 Å². The molecule has 136 valence electrons. The molecular weight excluding hydrogens is 308 g/mol. The van der Waals surface area contributed by atoms with E-state index in [0.717, 1.165) is 51.4 Å². The number of carbonyl (C=O) groups excluding carboxylic acids is 2. The normalized spacial score (nSPS) is 11.3. The first-order valence-electron chi connectivity index (χ1n) is 9.43. The summed E-state index contributed by atoms with van der Waals surface area (Å²) in [5, 5.41) is 0. The topological polar surface area (TPSA) is 52.6 Å². The molecule has 0 aromatic rings. The van der Waals surface area contributed by atoms with E-state index in [1.165, 1.54) is 0 Å². The van der Waals surface area contributed by atoms with Crippen molar-refractivity contribution in [2.75, 3.05) is 13.2 Å². The zero-order chi connectivity index (χ0) is 17.6. The molecule has 0 aliphatic heterocycles. The van der Waals surface area contributed by atoms with Gasteiger partial charge in [-0.2, -0.15) is 0 Å². The van der Waals surface area contributed by atoms with Crippen molar-refractivity contribution in [3.63, 3.8) is 0 Å². The maximum Gasteiger partial charge on any atom is 0.311 e. The molecule has 0 amide bonds. The second kappa shape index (κ2) is 13.6.